The highest BCUT2D eigenvalue weighted by Crippen LogP contribution is 2.53. The van der Waals surface area contributed by atoms with Crippen LogP contribution in [0, 0.1) is 13.8 Å². The molecule has 0 bridgehead atoms. The smallest absolute Gasteiger partial charge is 0.339 e. The van der Waals surface area contributed by atoms with E-state index < -0.39 is 11.9 Å². The van der Waals surface area contributed by atoms with Gasteiger partial charge < -0.3 is 18.9 Å². The molecule has 2 aliphatic heterocycles. The molecule has 44 heavy (non-hydrogen) atoms. The first kappa shape index (κ1) is 29.8. The molecule has 6 rings (SSSR count). The molecule has 0 saturated carbocycles. The Morgan fingerprint density at radius 3 is 1.34 bits per heavy atom. The van der Waals surface area contributed by atoms with Gasteiger partial charge in [-0.1, -0.05) is 60.7 Å². The molecule has 0 unspecified atom stereocenters. The summed E-state index contributed by atoms with van der Waals surface area (Å²) < 4.78 is 24.2. The van der Waals surface area contributed by atoms with E-state index in [0.717, 1.165) is 55.6 Å². The second-order valence-electron chi connectivity index (χ2n) is 11.4. The molecule has 2 heterocycles. The molecule has 0 fully saturated rings. The van der Waals surface area contributed by atoms with E-state index in [0.29, 0.717) is 35.5 Å². The molecule has 0 spiro atoms. The van der Waals surface area contributed by atoms with Crippen molar-refractivity contribution in [2.24, 2.45) is 0 Å². The minimum absolute atomic E-state index is 0.209. The lowest BCUT2D eigenvalue weighted by Gasteiger charge is -2.28. The fourth-order valence-electron chi connectivity index (χ4n) is 7.02. The van der Waals surface area contributed by atoms with Crippen LogP contribution in [0.4, 0.5) is 0 Å². The fourth-order valence-corrected chi connectivity index (χ4v) is 7.02. The monoisotopic (exact) mass is 590 g/mol. The van der Waals surface area contributed by atoms with Gasteiger partial charge in [-0.05, 0) is 86.1 Å². The third-order valence-electron chi connectivity index (χ3n) is 8.95. The van der Waals surface area contributed by atoms with Gasteiger partial charge in [0, 0.05) is 22.3 Å². The molecule has 4 aromatic carbocycles. The Kier molecular flexibility index (Phi) is 8.14. The molecule has 6 heteroatoms. The first-order valence-electron chi connectivity index (χ1n) is 15.4. The van der Waals surface area contributed by atoms with Crippen LogP contribution < -0.4 is 0 Å². The molecule has 0 aliphatic carbocycles. The minimum atomic E-state index is -0.441. The first-order chi connectivity index (χ1) is 21.3. The lowest BCUT2D eigenvalue weighted by Crippen LogP contribution is -2.18. The summed E-state index contributed by atoms with van der Waals surface area (Å²) in [6, 6.07) is 19.8. The molecule has 6 nitrogen and oxygen atoms in total. The van der Waals surface area contributed by atoms with Crippen LogP contribution in [0.2, 0.25) is 0 Å². The summed E-state index contributed by atoms with van der Waals surface area (Å²) in [7, 11) is 0. The SMILES string of the molecule is CCOC(=O)c1c(-c2ccccc2)c(C)c2c(c1-c1c(C(=O)OCC)c(-c3ccccc3)c(C)c3c1[C@@H](C)OC3)[C@@H](C)OC2. The number of fused-ring (bicyclic) bond motifs is 2. The van der Waals surface area contributed by atoms with Crippen LogP contribution in [0.5, 0.6) is 0 Å². The van der Waals surface area contributed by atoms with Crippen LogP contribution in [0.1, 0.15) is 94.0 Å². The van der Waals surface area contributed by atoms with Crippen LogP contribution in [0.25, 0.3) is 33.4 Å². The maximum atomic E-state index is 14.3. The van der Waals surface area contributed by atoms with Gasteiger partial charge in [0.25, 0.3) is 0 Å². The maximum Gasteiger partial charge on any atom is 0.339 e. The lowest BCUT2D eigenvalue weighted by atomic mass is 9.75. The van der Waals surface area contributed by atoms with Gasteiger partial charge in [0.1, 0.15) is 0 Å². The zero-order valence-electron chi connectivity index (χ0n) is 26.2. The van der Waals surface area contributed by atoms with Crippen LogP contribution in [0.3, 0.4) is 0 Å². The van der Waals surface area contributed by atoms with Gasteiger partial charge in [0.05, 0.1) is 49.8 Å². The Bertz CT molecular complexity index is 1630. The van der Waals surface area contributed by atoms with Crippen LogP contribution >= 0.6 is 0 Å². The van der Waals surface area contributed by atoms with Gasteiger partial charge in [-0.2, -0.15) is 0 Å². The molecule has 0 N–H and O–H groups in total. The Morgan fingerprint density at radius 2 is 1.00 bits per heavy atom. The third kappa shape index (κ3) is 4.73. The van der Waals surface area contributed by atoms with Crippen molar-refractivity contribution < 1.29 is 28.5 Å². The largest absolute Gasteiger partial charge is 0.462 e. The molecule has 226 valence electrons. The molecule has 2 aliphatic rings. The van der Waals surface area contributed by atoms with E-state index in [1.807, 2.05) is 102 Å². The topological polar surface area (TPSA) is 71.1 Å². The number of hydrogen-bond acceptors (Lipinski definition) is 6. The van der Waals surface area contributed by atoms with Gasteiger partial charge in [0.2, 0.25) is 0 Å². The summed E-state index contributed by atoms with van der Waals surface area (Å²) in [5.74, 6) is -0.883. The summed E-state index contributed by atoms with van der Waals surface area (Å²) in [6.07, 6.45) is -0.636. The van der Waals surface area contributed by atoms with Gasteiger partial charge in [-0.25, -0.2) is 9.59 Å². The Hall–Kier alpha value is -4.26. The van der Waals surface area contributed by atoms with Crippen molar-refractivity contribution in [3.63, 3.8) is 0 Å². The van der Waals surface area contributed by atoms with Crippen molar-refractivity contribution in [2.75, 3.05) is 13.2 Å². The molecular weight excluding hydrogens is 552 g/mol. The molecule has 0 amide bonds. The first-order valence-corrected chi connectivity index (χ1v) is 15.4. The summed E-state index contributed by atoms with van der Waals surface area (Å²) in [5, 5.41) is 0. The summed E-state index contributed by atoms with van der Waals surface area (Å²) in [5.41, 5.74) is 11.3. The van der Waals surface area contributed by atoms with Gasteiger partial charge in [-0.3, -0.25) is 0 Å². The second kappa shape index (κ2) is 12.0. The fraction of sp³-hybridized carbons (Fsp3) is 0.316. The highest BCUT2D eigenvalue weighted by Gasteiger charge is 2.40. The highest BCUT2D eigenvalue weighted by molar-refractivity contribution is 6.13. The van der Waals surface area contributed by atoms with Crippen LogP contribution in [-0.2, 0) is 32.2 Å². The Balaban J connectivity index is 1.89. The number of ether oxygens (including phenoxy) is 4. The van der Waals surface area contributed by atoms with E-state index in [9.17, 15) is 9.59 Å². The third-order valence-corrected chi connectivity index (χ3v) is 8.95. The molecular formula is C38H38O6. The molecule has 2 atom stereocenters. The standard InChI is InChI=1S/C38H38O6/c1-7-41-37(39)35-29(25-15-11-9-12-16-25)21(3)27-19-43-23(5)31(27)33(35)34-32-24(6)44-20-28(32)22(4)30(26-17-13-10-14-18-26)36(34)38(40)42-8-2/h9-18,23-24H,7-8,19-20H2,1-6H3/t23-,24-/m1/s1. The lowest BCUT2D eigenvalue weighted by molar-refractivity contribution is 0.0514. The zero-order valence-corrected chi connectivity index (χ0v) is 26.2. The van der Waals surface area contributed by atoms with Gasteiger partial charge in [-0.15, -0.1) is 0 Å². The number of benzene rings is 4. The number of rotatable bonds is 7. The Morgan fingerprint density at radius 1 is 0.636 bits per heavy atom. The van der Waals surface area contributed by atoms with E-state index in [1.165, 1.54) is 0 Å². The van der Waals surface area contributed by atoms with E-state index in [2.05, 4.69) is 0 Å². The summed E-state index contributed by atoms with van der Waals surface area (Å²) in [4.78, 5) is 28.6. The second-order valence-corrected chi connectivity index (χ2v) is 11.4. The molecule has 0 saturated heterocycles. The molecule has 0 radical (unpaired) electrons. The van der Waals surface area contributed by atoms with Crippen molar-refractivity contribution in [3.8, 4) is 33.4 Å². The van der Waals surface area contributed by atoms with Crippen molar-refractivity contribution in [1.82, 2.24) is 0 Å². The zero-order chi connectivity index (χ0) is 31.1. The summed E-state index contributed by atoms with van der Waals surface area (Å²) >= 11 is 0. The van der Waals surface area contributed by atoms with E-state index in [4.69, 9.17) is 18.9 Å². The van der Waals surface area contributed by atoms with Crippen molar-refractivity contribution in [1.29, 1.82) is 0 Å². The Labute approximate surface area is 258 Å². The maximum absolute atomic E-state index is 14.3. The number of carbonyl (C=O) groups is 2. The highest BCUT2D eigenvalue weighted by atomic mass is 16.5. The van der Waals surface area contributed by atoms with E-state index in [1.54, 1.807) is 0 Å². The van der Waals surface area contributed by atoms with E-state index in [-0.39, 0.29) is 25.4 Å². The van der Waals surface area contributed by atoms with Gasteiger partial charge >= 0.3 is 11.9 Å². The average molecular weight is 591 g/mol. The predicted octanol–water partition coefficient (Wildman–Crippen LogP) is 8.84. The van der Waals surface area contributed by atoms with Crippen molar-refractivity contribution >= 4 is 11.9 Å². The van der Waals surface area contributed by atoms with Crippen molar-refractivity contribution in [3.05, 3.63) is 105 Å². The molecule has 4 aromatic rings. The van der Waals surface area contributed by atoms with Crippen LogP contribution in [0.15, 0.2) is 60.7 Å². The van der Waals surface area contributed by atoms with E-state index >= 15 is 0 Å². The average Bonchev–Trinajstić information content (AvgIpc) is 3.61. The minimum Gasteiger partial charge on any atom is -0.462 e. The van der Waals surface area contributed by atoms with Crippen LogP contribution in [-0.4, -0.2) is 25.2 Å². The predicted molar refractivity (Wildman–Crippen MR) is 171 cm³/mol. The summed E-state index contributed by atoms with van der Waals surface area (Å²) in [6.45, 7) is 12.9. The number of esters is 2. The number of hydrogen-bond donors (Lipinski definition) is 0. The van der Waals surface area contributed by atoms with Gasteiger partial charge in [0.15, 0.2) is 0 Å². The molecule has 0 aromatic heterocycles. The quantitative estimate of drug-likeness (QED) is 0.200. The number of carbonyl (C=O) groups excluding carboxylic acids is 2. The normalized spacial score (nSPS) is 16.9. The van der Waals surface area contributed by atoms with Crippen molar-refractivity contribution in [2.45, 2.75) is 67.0 Å².